The van der Waals surface area contributed by atoms with Crippen molar-refractivity contribution in [3.8, 4) is 11.1 Å². The number of thiophene rings is 1. The molecule has 10 heteroatoms. The maximum absolute atomic E-state index is 12.8. The quantitative estimate of drug-likeness (QED) is 0.657. The second kappa shape index (κ2) is 7.75. The fourth-order valence-electron chi connectivity index (χ4n) is 2.51. The number of nitrogens with zero attached hydrogens (tertiary/aromatic N) is 4. The third-order valence-electron chi connectivity index (χ3n) is 3.98. The first-order valence-corrected chi connectivity index (χ1v) is 8.87. The zero-order valence-electron chi connectivity index (χ0n) is 14.1. The zero-order chi connectivity index (χ0) is 18.7. The molecule has 0 aliphatic heterocycles. The van der Waals surface area contributed by atoms with Gasteiger partial charge in [-0.05, 0) is 23.9 Å². The Labute approximate surface area is 151 Å². The maximum Gasteiger partial charge on any atom is 0.343 e. The summed E-state index contributed by atoms with van der Waals surface area (Å²) in [7, 11) is 0. The van der Waals surface area contributed by atoms with Gasteiger partial charge in [0.2, 0.25) is 0 Å². The number of hydrogen-bond donors (Lipinski definition) is 2. The summed E-state index contributed by atoms with van der Waals surface area (Å²) in [5, 5.41) is 12.4. The van der Waals surface area contributed by atoms with Crippen LogP contribution in [0.5, 0.6) is 0 Å². The van der Waals surface area contributed by atoms with Crippen molar-refractivity contribution >= 4 is 11.3 Å². The lowest BCUT2D eigenvalue weighted by atomic mass is 10.2. The van der Waals surface area contributed by atoms with Crippen LogP contribution < -0.4 is 11.4 Å². The Morgan fingerprint density at radius 2 is 2.19 bits per heavy atom. The Hall–Kier alpha value is -2.59. The van der Waals surface area contributed by atoms with Crippen LogP contribution in [-0.2, 0) is 19.5 Å². The molecule has 0 aromatic carbocycles. The van der Waals surface area contributed by atoms with E-state index in [9.17, 15) is 13.6 Å². The predicted octanol–water partition coefficient (Wildman–Crippen LogP) is 2.22. The minimum Gasteiger partial charge on any atom is -0.327 e. The van der Waals surface area contributed by atoms with E-state index in [0.29, 0.717) is 0 Å². The van der Waals surface area contributed by atoms with Gasteiger partial charge in [0.05, 0.1) is 12.7 Å². The summed E-state index contributed by atoms with van der Waals surface area (Å²) in [6, 6.07) is 1.96. The highest BCUT2D eigenvalue weighted by atomic mass is 32.1. The second-order valence-electron chi connectivity index (χ2n) is 5.66. The van der Waals surface area contributed by atoms with E-state index in [1.807, 2.05) is 29.2 Å². The van der Waals surface area contributed by atoms with Crippen LogP contribution in [0, 0.1) is 0 Å². The number of aromatic amines is 1. The molecule has 3 N–H and O–H groups in total. The van der Waals surface area contributed by atoms with Gasteiger partial charge in [-0.25, -0.2) is 9.89 Å². The first kappa shape index (κ1) is 18.2. The number of hydrogen-bond acceptors (Lipinski definition) is 5. The summed E-state index contributed by atoms with van der Waals surface area (Å²) in [5.41, 5.74) is 6.66. The number of rotatable bonds is 7. The molecule has 0 amide bonds. The minimum absolute atomic E-state index is 0.168. The molecule has 3 heterocycles. The molecule has 0 aliphatic carbocycles. The van der Waals surface area contributed by atoms with Crippen LogP contribution in [-0.4, -0.2) is 31.1 Å². The Bertz CT molecular complexity index is 979. The molecule has 0 fully saturated rings. The van der Waals surface area contributed by atoms with Crippen LogP contribution in [0.25, 0.3) is 11.1 Å². The van der Waals surface area contributed by atoms with Gasteiger partial charge < -0.3 is 5.73 Å². The molecule has 0 spiro atoms. The Morgan fingerprint density at radius 1 is 1.38 bits per heavy atom. The van der Waals surface area contributed by atoms with Gasteiger partial charge in [-0.3, -0.25) is 9.25 Å². The van der Waals surface area contributed by atoms with Crippen LogP contribution in [0.1, 0.15) is 17.6 Å². The number of nitrogens with one attached hydrogen (secondary N) is 1. The first-order valence-electron chi connectivity index (χ1n) is 7.99. The predicted molar refractivity (Wildman–Crippen MR) is 95.2 cm³/mol. The largest absolute Gasteiger partial charge is 0.343 e. The minimum atomic E-state index is -1.83. The fourth-order valence-corrected chi connectivity index (χ4v) is 3.39. The topological polar surface area (TPSA) is 94.5 Å². The van der Waals surface area contributed by atoms with E-state index >= 15 is 0 Å². The molecule has 3 rings (SSSR count). The Balaban J connectivity index is 1.83. The summed E-state index contributed by atoms with van der Waals surface area (Å²) in [6.07, 6.45) is 1.73. The van der Waals surface area contributed by atoms with Gasteiger partial charge in [-0.1, -0.05) is 0 Å². The molecule has 26 heavy (non-hydrogen) atoms. The number of halogens is 2. The number of H-pyrrole nitrogens is 1. The summed E-state index contributed by atoms with van der Waals surface area (Å²) in [5.74, 6) is 0.233. The van der Waals surface area contributed by atoms with Crippen molar-refractivity contribution in [2.75, 3.05) is 6.54 Å². The summed E-state index contributed by atoms with van der Waals surface area (Å²) < 4.78 is 28.9. The average Bonchev–Trinajstić information content (AvgIpc) is 3.34. The molecule has 0 bridgehead atoms. The zero-order valence-corrected chi connectivity index (χ0v) is 14.9. The third kappa shape index (κ3) is 3.81. The van der Waals surface area contributed by atoms with Gasteiger partial charge in [0.15, 0.2) is 0 Å². The molecule has 0 saturated carbocycles. The molecule has 138 valence electrons. The summed E-state index contributed by atoms with van der Waals surface area (Å²) >= 11 is 1.48. The lowest BCUT2D eigenvalue weighted by Gasteiger charge is -2.05. The monoisotopic (exact) mass is 380 g/mol. The number of nitrogens with two attached hydrogens (primary N) is 1. The van der Waals surface area contributed by atoms with Gasteiger partial charge in [0.1, 0.15) is 5.82 Å². The standard InChI is InChI=1S/C16H18F2N6OS/c1-2-23-7-12(6-20-23)11-3-13(26-9-11)8-24-14(21-22-16(24)25)4-10(5-19)15(17)18/h3,6-7,9H,2,4-5,8,19H2,1H3,(H,22,25). The molecular formula is C16H18F2N6OS. The van der Waals surface area contributed by atoms with Crippen molar-refractivity contribution < 1.29 is 8.78 Å². The van der Waals surface area contributed by atoms with Crippen molar-refractivity contribution in [3.05, 3.63) is 56.7 Å². The van der Waals surface area contributed by atoms with E-state index in [1.54, 1.807) is 6.20 Å². The van der Waals surface area contributed by atoms with Crippen molar-refractivity contribution in [1.82, 2.24) is 24.5 Å². The Kier molecular flexibility index (Phi) is 5.43. The van der Waals surface area contributed by atoms with Gasteiger partial charge in [-0.15, -0.1) is 11.3 Å². The highest BCUT2D eigenvalue weighted by Crippen LogP contribution is 2.26. The van der Waals surface area contributed by atoms with E-state index < -0.39 is 11.8 Å². The first-order chi connectivity index (χ1) is 12.5. The van der Waals surface area contributed by atoms with Crippen molar-refractivity contribution in [3.63, 3.8) is 0 Å². The van der Waals surface area contributed by atoms with E-state index in [0.717, 1.165) is 22.5 Å². The summed E-state index contributed by atoms with van der Waals surface area (Å²) in [4.78, 5) is 12.9. The lowest BCUT2D eigenvalue weighted by Crippen LogP contribution is -2.20. The molecule has 0 atom stereocenters. The van der Waals surface area contributed by atoms with E-state index in [2.05, 4.69) is 15.3 Å². The summed E-state index contributed by atoms with van der Waals surface area (Å²) in [6.45, 7) is 2.76. The van der Waals surface area contributed by atoms with Crippen molar-refractivity contribution in [2.24, 2.45) is 5.73 Å². The van der Waals surface area contributed by atoms with Crippen LogP contribution in [0.4, 0.5) is 8.78 Å². The van der Waals surface area contributed by atoms with Crippen molar-refractivity contribution in [1.29, 1.82) is 0 Å². The molecule has 0 aliphatic rings. The van der Waals surface area contributed by atoms with Gasteiger partial charge in [-0.2, -0.15) is 19.0 Å². The van der Waals surface area contributed by atoms with E-state index in [-0.39, 0.29) is 30.9 Å². The SMILES string of the molecule is CCn1cc(-c2csc(Cn3c(CC(CN)=C(F)F)n[nH]c3=O)c2)cn1. The highest BCUT2D eigenvalue weighted by Gasteiger charge is 2.15. The van der Waals surface area contributed by atoms with Crippen LogP contribution in [0.3, 0.4) is 0 Å². The van der Waals surface area contributed by atoms with Gasteiger partial charge >= 0.3 is 5.69 Å². The smallest absolute Gasteiger partial charge is 0.327 e. The fraction of sp³-hybridized carbons (Fsp3) is 0.312. The normalized spacial score (nSPS) is 11.1. The van der Waals surface area contributed by atoms with Crippen molar-refractivity contribution in [2.45, 2.75) is 26.4 Å². The Morgan fingerprint density at radius 3 is 2.85 bits per heavy atom. The van der Waals surface area contributed by atoms with Crippen LogP contribution in [0.2, 0.25) is 0 Å². The van der Waals surface area contributed by atoms with E-state index in [1.165, 1.54) is 15.9 Å². The molecule has 3 aromatic heterocycles. The second-order valence-corrected chi connectivity index (χ2v) is 6.66. The highest BCUT2D eigenvalue weighted by molar-refractivity contribution is 7.10. The van der Waals surface area contributed by atoms with E-state index in [4.69, 9.17) is 5.73 Å². The molecule has 3 aromatic rings. The van der Waals surface area contributed by atoms with Crippen LogP contribution in [0.15, 0.2) is 40.3 Å². The molecule has 0 radical (unpaired) electrons. The third-order valence-corrected chi connectivity index (χ3v) is 4.90. The van der Waals surface area contributed by atoms with Crippen LogP contribution >= 0.6 is 11.3 Å². The number of aryl methyl sites for hydroxylation is 1. The molecule has 0 saturated heterocycles. The average molecular weight is 380 g/mol. The number of aromatic nitrogens is 5. The molecule has 7 nitrogen and oxygen atoms in total. The molecular weight excluding hydrogens is 362 g/mol. The maximum atomic E-state index is 12.8. The van der Waals surface area contributed by atoms with Gasteiger partial charge in [0, 0.05) is 41.7 Å². The molecule has 0 unspecified atom stereocenters. The van der Waals surface area contributed by atoms with Gasteiger partial charge in [0.25, 0.3) is 6.08 Å². The lowest BCUT2D eigenvalue weighted by molar-refractivity contribution is 0.407.